The molecule has 1 aromatic heterocycles. The molecular formula is C43H41N5O2. The molecule has 0 radical (unpaired) electrons. The van der Waals surface area contributed by atoms with Gasteiger partial charge in [-0.15, -0.1) is 0 Å². The van der Waals surface area contributed by atoms with Gasteiger partial charge in [0.2, 0.25) is 5.95 Å². The highest BCUT2D eigenvalue weighted by Gasteiger charge is 2.18. The third-order valence-corrected chi connectivity index (χ3v) is 8.63. The number of nitrogens with zero attached hydrogens (tertiary/aromatic N) is 3. The first-order chi connectivity index (χ1) is 24.1. The van der Waals surface area contributed by atoms with E-state index in [0.717, 1.165) is 33.6 Å². The largest absolute Gasteiger partial charge is 0.330 e. The quantitative estimate of drug-likeness (QED) is 0.153. The number of carbonyl (C=O) groups excluding carboxylic acids is 2. The van der Waals surface area contributed by atoms with Crippen molar-refractivity contribution < 1.29 is 9.59 Å². The molecule has 0 unspecified atom stereocenters. The molecule has 6 rings (SSSR count). The Morgan fingerprint density at radius 1 is 0.680 bits per heavy atom. The van der Waals surface area contributed by atoms with E-state index in [1.165, 1.54) is 5.56 Å². The predicted octanol–water partition coefficient (Wildman–Crippen LogP) is 9.59. The van der Waals surface area contributed by atoms with Crippen LogP contribution < -0.4 is 10.6 Å². The number of amides is 2. The van der Waals surface area contributed by atoms with Gasteiger partial charge in [0, 0.05) is 47.4 Å². The summed E-state index contributed by atoms with van der Waals surface area (Å²) in [5, 5.41) is 6.34. The zero-order valence-electron chi connectivity index (χ0n) is 28.9. The van der Waals surface area contributed by atoms with Crippen LogP contribution >= 0.6 is 0 Å². The molecule has 0 aliphatic rings. The standard InChI is InChI=1S/C43H41N5O2/c1-30-37(16-11-17-38(30)46-40(49)33-18-22-35(23-19-33)43(2,3)4)39-26-27-44-42(47-39)45-36-24-20-34(21-25-36)41(50)48(28-31-12-7-5-8-13-31)29-32-14-9-6-10-15-32/h5-27H,28-29H2,1-4H3,(H,46,49)(H,44,45,47). The highest BCUT2D eigenvalue weighted by Crippen LogP contribution is 2.29. The van der Waals surface area contributed by atoms with Crippen molar-refractivity contribution in [1.82, 2.24) is 14.9 Å². The van der Waals surface area contributed by atoms with Gasteiger partial charge in [-0.3, -0.25) is 9.59 Å². The minimum atomic E-state index is -0.166. The Labute approximate surface area is 294 Å². The highest BCUT2D eigenvalue weighted by molar-refractivity contribution is 6.05. The highest BCUT2D eigenvalue weighted by atomic mass is 16.2. The fourth-order valence-corrected chi connectivity index (χ4v) is 5.75. The van der Waals surface area contributed by atoms with Crippen molar-refractivity contribution in [2.45, 2.75) is 46.2 Å². The van der Waals surface area contributed by atoms with Crippen molar-refractivity contribution >= 4 is 29.1 Å². The van der Waals surface area contributed by atoms with Crippen molar-refractivity contribution in [3.63, 3.8) is 0 Å². The first-order valence-electron chi connectivity index (χ1n) is 16.7. The molecule has 2 N–H and O–H groups in total. The van der Waals surface area contributed by atoms with Crippen LogP contribution in [0.1, 0.15) is 63.7 Å². The summed E-state index contributed by atoms with van der Waals surface area (Å²) in [6, 6.07) is 42.8. The SMILES string of the molecule is Cc1c(NC(=O)c2ccc(C(C)(C)C)cc2)cccc1-c1ccnc(Nc2ccc(C(=O)N(Cc3ccccc3)Cc3ccccc3)cc2)n1. The third-order valence-electron chi connectivity index (χ3n) is 8.63. The van der Waals surface area contributed by atoms with E-state index in [4.69, 9.17) is 4.98 Å². The molecule has 0 atom stereocenters. The molecule has 5 aromatic carbocycles. The maximum Gasteiger partial charge on any atom is 0.255 e. The summed E-state index contributed by atoms with van der Waals surface area (Å²) in [5.74, 6) is 0.206. The maximum atomic E-state index is 13.7. The van der Waals surface area contributed by atoms with Gasteiger partial charge < -0.3 is 15.5 Å². The summed E-state index contributed by atoms with van der Waals surface area (Å²) >= 11 is 0. The van der Waals surface area contributed by atoms with Gasteiger partial charge in [0.05, 0.1) is 5.69 Å². The number of carbonyl (C=O) groups is 2. The molecule has 0 saturated heterocycles. The molecule has 0 fully saturated rings. The van der Waals surface area contributed by atoms with E-state index in [1.807, 2.05) is 145 Å². The molecule has 0 aliphatic heterocycles. The fourth-order valence-electron chi connectivity index (χ4n) is 5.75. The van der Waals surface area contributed by atoms with Gasteiger partial charge in [-0.2, -0.15) is 0 Å². The zero-order valence-corrected chi connectivity index (χ0v) is 28.9. The second-order valence-corrected chi connectivity index (χ2v) is 13.4. The number of benzene rings is 5. The molecule has 0 bridgehead atoms. The van der Waals surface area contributed by atoms with Gasteiger partial charge in [0.15, 0.2) is 0 Å². The average molecular weight is 660 g/mol. The van der Waals surface area contributed by atoms with Crippen LogP contribution in [0.4, 0.5) is 17.3 Å². The molecule has 0 spiro atoms. The molecule has 250 valence electrons. The summed E-state index contributed by atoms with van der Waals surface area (Å²) in [7, 11) is 0. The Morgan fingerprint density at radius 3 is 1.88 bits per heavy atom. The number of nitrogens with one attached hydrogen (secondary N) is 2. The number of hydrogen-bond acceptors (Lipinski definition) is 5. The fraction of sp³-hybridized carbons (Fsp3) is 0.163. The summed E-state index contributed by atoms with van der Waals surface area (Å²) in [4.78, 5) is 37.9. The minimum Gasteiger partial charge on any atom is -0.330 e. The van der Waals surface area contributed by atoms with Gasteiger partial charge in [-0.1, -0.05) is 106 Å². The van der Waals surface area contributed by atoms with Crippen LogP contribution in [0, 0.1) is 6.92 Å². The van der Waals surface area contributed by atoms with E-state index < -0.39 is 0 Å². The van der Waals surface area contributed by atoms with Crippen LogP contribution in [-0.4, -0.2) is 26.7 Å². The summed E-state index contributed by atoms with van der Waals surface area (Å²) in [6.07, 6.45) is 1.70. The summed E-state index contributed by atoms with van der Waals surface area (Å²) in [5.41, 5.74) is 8.50. The molecule has 6 aromatic rings. The van der Waals surface area contributed by atoms with E-state index in [1.54, 1.807) is 6.20 Å². The maximum absolute atomic E-state index is 13.7. The van der Waals surface area contributed by atoms with Crippen LogP contribution in [0.5, 0.6) is 0 Å². The summed E-state index contributed by atoms with van der Waals surface area (Å²) in [6.45, 7) is 9.43. The third kappa shape index (κ3) is 8.31. The predicted molar refractivity (Wildman–Crippen MR) is 201 cm³/mol. The van der Waals surface area contributed by atoms with Crippen molar-refractivity contribution in [1.29, 1.82) is 0 Å². The average Bonchev–Trinajstić information content (AvgIpc) is 3.13. The first-order valence-corrected chi connectivity index (χ1v) is 16.7. The van der Waals surface area contributed by atoms with Crippen molar-refractivity contribution in [3.05, 3.63) is 173 Å². The van der Waals surface area contributed by atoms with Crippen molar-refractivity contribution in [3.8, 4) is 11.3 Å². The lowest BCUT2D eigenvalue weighted by molar-refractivity contribution is 0.0730. The molecule has 0 saturated carbocycles. The lowest BCUT2D eigenvalue weighted by Gasteiger charge is -2.23. The van der Waals surface area contributed by atoms with E-state index in [2.05, 4.69) is 36.4 Å². The molecule has 0 aliphatic carbocycles. The molecule has 50 heavy (non-hydrogen) atoms. The molecule has 7 nitrogen and oxygen atoms in total. The van der Waals surface area contributed by atoms with Gasteiger partial charge in [-0.05, 0) is 83.1 Å². The van der Waals surface area contributed by atoms with Crippen molar-refractivity contribution in [2.75, 3.05) is 10.6 Å². The normalized spacial score (nSPS) is 11.1. The van der Waals surface area contributed by atoms with E-state index in [-0.39, 0.29) is 17.2 Å². The minimum absolute atomic E-state index is 0.0148. The second-order valence-electron chi connectivity index (χ2n) is 13.4. The van der Waals surface area contributed by atoms with Gasteiger partial charge in [0.25, 0.3) is 11.8 Å². The first kappa shape index (κ1) is 33.8. The Morgan fingerprint density at radius 2 is 1.28 bits per heavy atom. The Bertz CT molecular complexity index is 2030. The Hall–Kier alpha value is -6.08. The van der Waals surface area contributed by atoms with Crippen LogP contribution in [-0.2, 0) is 18.5 Å². The van der Waals surface area contributed by atoms with Gasteiger partial charge >= 0.3 is 0 Å². The van der Waals surface area contributed by atoms with Crippen LogP contribution in [0.3, 0.4) is 0 Å². The van der Waals surface area contributed by atoms with E-state index in [9.17, 15) is 9.59 Å². The molecule has 1 heterocycles. The molecular weight excluding hydrogens is 619 g/mol. The van der Waals surface area contributed by atoms with Gasteiger partial charge in [-0.25, -0.2) is 9.97 Å². The van der Waals surface area contributed by atoms with Crippen LogP contribution in [0.15, 0.2) is 140 Å². The lowest BCUT2D eigenvalue weighted by atomic mass is 9.86. The lowest BCUT2D eigenvalue weighted by Crippen LogP contribution is -2.30. The zero-order chi connectivity index (χ0) is 35.1. The van der Waals surface area contributed by atoms with E-state index in [0.29, 0.717) is 35.9 Å². The van der Waals surface area contributed by atoms with E-state index >= 15 is 0 Å². The number of rotatable bonds is 10. The Balaban J connectivity index is 1.15. The molecule has 2 amide bonds. The number of aromatic nitrogens is 2. The molecule has 7 heteroatoms. The van der Waals surface area contributed by atoms with Crippen LogP contribution in [0.25, 0.3) is 11.3 Å². The van der Waals surface area contributed by atoms with Gasteiger partial charge in [0.1, 0.15) is 0 Å². The number of hydrogen-bond donors (Lipinski definition) is 2. The topological polar surface area (TPSA) is 87.2 Å². The second kappa shape index (κ2) is 15.0. The summed E-state index contributed by atoms with van der Waals surface area (Å²) < 4.78 is 0. The smallest absolute Gasteiger partial charge is 0.255 e. The van der Waals surface area contributed by atoms with Crippen LogP contribution in [0.2, 0.25) is 0 Å². The number of anilines is 3. The monoisotopic (exact) mass is 659 g/mol. The van der Waals surface area contributed by atoms with Crippen molar-refractivity contribution in [2.24, 2.45) is 0 Å². The Kier molecular flexibility index (Phi) is 10.1.